The highest BCUT2D eigenvalue weighted by molar-refractivity contribution is 7.89. The quantitative estimate of drug-likeness (QED) is 0.524. The number of carbonyl (C=O) groups is 1. The number of aromatic nitrogens is 2. The van der Waals surface area contributed by atoms with Gasteiger partial charge in [-0.3, -0.25) is 4.79 Å². The Morgan fingerprint density at radius 3 is 2.39 bits per heavy atom. The summed E-state index contributed by atoms with van der Waals surface area (Å²) in [7, 11) is -3.75. The molecule has 0 spiro atoms. The molecule has 1 aromatic heterocycles. The van der Waals surface area contributed by atoms with Crippen LogP contribution in [0.3, 0.4) is 0 Å². The molecular formula is C21H21F3N4O3S2. The van der Waals surface area contributed by atoms with Crippen LogP contribution in [0.2, 0.25) is 0 Å². The molecule has 0 aliphatic heterocycles. The van der Waals surface area contributed by atoms with Gasteiger partial charge in [0.25, 0.3) is 0 Å². The largest absolute Gasteiger partial charge is 0.416 e. The minimum absolute atomic E-state index is 0.0858. The number of carbonyl (C=O) groups excluding carboxylic acids is 1. The third kappa shape index (κ3) is 5.50. The van der Waals surface area contributed by atoms with Gasteiger partial charge in [-0.2, -0.15) is 21.9 Å². The number of hydrogen-bond acceptors (Lipinski definition) is 6. The minimum atomic E-state index is -4.42. The van der Waals surface area contributed by atoms with Crippen molar-refractivity contribution in [1.82, 2.24) is 13.5 Å². The molecule has 0 bridgehead atoms. The first-order valence-electron chi connectivity index (χ1n) is 10.3. The van der Waals surface area contributed by atoms with Crippen molar-refractivity contribution in [3.8, 4) is 0 Å². The number of nitrogens with zero attached hydrogens (tertiary/aromatic N) is 2. The maximum atomic E-state index is 12.7. The van der Waals surface area contributed by atoms with E-state index in [1.165, 1.54) is 18.2 Å². The normalized spacial score (nSPS) is 19.5. The third-order valence-electron chi connectivity index (χ3n) is 5.80. The standard InChI is InChI=1S/C21H21F3N4O3S2/c22-21(23,24)15-8-10-16(11-9-15)26-20(29)14-6-4-13(5-7-14)12-25-33(30,31)18-3-1-2-17-19(18)28-32-27-17/h1-3,8-11,13-14,25H,4-7,12H2,(H,26,29). The summed E-state index contributed by atoms with van der Waals surface area (Å²) in [5.41, 5.74) is 0.417. The van der Waals surface area contributed by atoms with E-state index in [4.69, 9.17) is 0 Å². The van der Waals surface area contributed by atoms with Crippen molar-refractivity contribution in [3.63, 3.8) is 0 Å². The lowest BCUT2D eigenvalue weighted by molar-refractivity contribution is -0.137. The first-order valence-corrected chi connectivity index (χ1v) is 12.5. The van der Waals surface area contributed by atoms with Gasteiger partial charge in [0.2, 0.25) is 15.9 Å². The van der Waals surface area contributed by atoms with Gasteiger partial charge in [0.1, 0.15) is 15.9 Å². The average molecular weight is 499 g/mol. The monoisotopic (exact) mass is 498 g/mol. The Balaban J connectivity index is 1.28. The zero-order chi connectivity index (χ0) is 23.6. The Bertz CT molecular complexity index is 1240. The van der Waals surface area contributed by atoms with E-state index < -0.39 is 21.8 Å². The molecular weight excluding hydrogens is 477 g/mol. The van der Waals surface area contributed by atoms with Crippen LogP contribution in [0, 0.1) is 11.8 Å². The van der Waals surface area contributed by atoms with Crippen LogP contribution >= 0.6 is 11.7 Å². The molecule has 176 valence electrons. The first-order chi connectivity index (χ1) is 15.6. The van der Waals surface area contributed by atoms with E-state index in [1.807, 2.05) is 0 Å². The van der Waals surface area contributed by atoms with Crippen LogP contribution in [0.5, 0.6) is 0 Å². The fourth-order valence-corrected chi connectivity index (χ4v) is 5.80. The summed E-state index contributed by atoms with van der Waals surface area (Å²) < 4.78 is 74.2. The van der Waals surface area contributed by atoms with Gasteiger partial charge in [-0.15, -0.1) is 0 Å². The second-order valence-electron chi connectivity index (χ2n) is 8.02. The number of alkyl halides is 3. The van der Waals surface area contributed by atoms with E-state index in [9.17, 15) is 26.4 Å². The highest BCUT2D eigenvalue weighted by Gasteiger charge is 2.31. The molecule has 7 nitrogen and oxygen atoms in total. The SMILES string of the molecule is O=C(Nc1ccc(C(F)(F)F)cc1)C1CCC(CNS(=O)(=O)c2cccc3nsnc23)CC1. The summed E-state index contributed by atoms with van der Waals surface area (Å²) >= 11 is 0.954. The van der Waals surface area contributed by atoms with Gasteiger partial charge >= 0.3 is 6.18 Å². The summed E-state index contributed by atoms with van der Waals surface area (Å²) in [6.45, 7) is 0.254. The van der Waals surface area contributed by atoms with Crippen molar-refractivity contribution in [3.05, 3.63) is 48.0 Å². The lowest BCUT2D eigenvalue weighted by atomic mass is 9.81. The molecule has 3 aromatic rings. The number of hydrogen-bond donors (Lipinski definition) is 2. The molecule has 1 fully saturated rings. The van der Waals surface area contributed by atoms with Crippen LogP contribution < -0.4 is 10.0 Å². The van der Waals surface area contributed by atoms with Crippen LogP contribution in [0.4, 0.5) is 18.9 Å². The van der Waals surface area contributed by atoms with Gasteiger partial charge in [0.15, 0.2) is 0 Å². The molecule has 0 atom stereocenters. The maximum absolute atomic E-state index is 12.7. The summed E-state index contributed by atoms with van der Waals surface area (Å²) in [6, 6.07) is 9.16. The highest BCUT2D eigenvalue weighted by Crippen LogP contribution is 2.32. The molecule has 1 aliphatic carbocycles. The van der Waals surface area contributed by atoms with Crippen LogP contribution in [-0.4, -0.2) is 29.6 Å². The van der Waals surface area contributed by atoms with Gasteiger partial charge in [0.05, 0.1) is 17.3 Å². The van der Waals surface area contributed by atoms with Crippen molar-refractivity contribution < 1.29 is 26.4 Å². The molecule has 2 N–H and O–H groups in total. The zero-order valence-corrected chi connectivity index (χ0v) is 18.9. The van der Waals surface area contributed by atoms with E-state index >= 15 is 0 Å². The van der Waals surface area contributed by atoms with Crippen molar-refractivity contribution in [2.45, 2.75) is 36.8 Å². The van der Waals surface area contributed by atoms with Crippen LogP contribution in [-0.2, 0) is 21.0 Å². The van der Waals surface area contributed by atoms with Gasteiger partial charge in [-0.05, 0) is 68.0 Å². The molecule has 1 aliphatic rings. The topological polar surface area (TPSA) is 101 Å². The Morgan fingerprint density at radius 2 is 1.73 bits per heavy atom. The molecule has 1 amide bonds. The van der Waals surface area contributed by atoms with Crippen LogP contribution in [0.25, 0.3) is 11.0 Å². The number of fused-ring (bicyclic) bond motifs is 1. The molecule has 0 radical (unpaired) electrons. The number of anilines is 1. The van der Waals surface area contributed by atoms with Gasteiger partial charge in [-0.1, -0.05) is 6.07 Å². The van der Waals surface area contributed by atoms with Crippen molar-refractivity contribution in [2.24, 2.45) is 11.8 Å². The van der Waals surface area contributed by atoms with E-state index in [0.717, 1.165) is 23.9 Å². The first kappa shape index (κ1) is 23.6. The fraction of sp³-hybridized carbons (Fsp3) is 0.381. The van der Waals surface area contributed by atoms with Crippen molar-refractivity contribution in [2.75, 3.05) is 11.9 Å². The Kier molecular flexibility index (Phi) is 6.68. The van der Waals surface area contributed by atoms with Crippen LogP contribution in [0.1, 0.15) is 31.2 Å². The maximum Gasteiger partial charge on any atom is 0.416 e. The molecule has 0 saturated heterocycles. The summed E-state index contributed by atoms with van der Waals surface area (Å²) in [5.74, 6) is -0.422. The van der Waals surface area contributed by atoms with Crippen molar-refractivity contribution >= 4 is 44.4 Å². The second kappa shape index (κ2) is 9.35. The second-order valence-corrected chi connectivity index (χ2v) is 10.3. The van der Waals surface area contributed by atoms with E-state index in [1.54, 1.807) is 12.1 Å². The number of sulfonamides is 1. The number of halogens is 3. The van der Waals surface area contributed by atoms with Gasteiger partial charge in [0, 0.05) is 18.2 Å². The smallest absolute Gasteiger partial charge is 0.326 e. The molecule has 1 heterocycles. The van der Waals surface area contributed by atoms with Crippen molar-refractivity contribution in [1.29, 1.82) is 0 Å². The van der Waals surface area contributed by atoms with Gasteiger partial charge in [-0.25, -0.2) is 13.1 Å². The third-order valence-corrected chi connectivity index (χ3v) is 7.80. The predicted molar refractivity (Wildman–Crippen MR) is 118 cm³/mol. The molecule has 4 rings (SSSR count). The summed E-state index contributed by atoms with van der Waals surface area (Å²) in [6.07, 6.45) is -1.95. The van der Waals surface area contributed by atoms with E-state index in [2.05, 4.69) is 18.8 Å². The molecule has 33 heavy (non-hydrogen) atoms. The Hall–Kier alpha value is -2.57. The summed E-state index contributed by atoms with van der Waals surface area (Å²) in [5, 5.41) is 2.67. The number of nitrogens with one attached hydrogen (secondary N) is 2. The summed E-state index contributed by atoms with van der Waals surface area (Å²) in [4.78, 5) is 12.6. The molecule has 2 aromatic carbocycles. The predicted octanol–water partition coefficient (Wildman–Crippen LogP) is 4.43. The van der Waals surface area contributed by atoms with Crippen LogP contribution in [0.15, 0.2) is 47.4 Å². The number of amides is 1. The fourth-order valence-electron chi connectivity index (χ4n) is 3.92. The zero-order valence-electron chi connectivity index (χ0n) is 17.3. The lowest BCUT2D eigenvalue weighted by Crippen LogP contribution is -2.33. The lowest BCUT2D eigenvalue weighted by Gasteiger charge is -2.28. The number of benzene rings is 2. The Labute approximate surface area is 192 Å². The average Bonchev–Trinajstić information content (AvgIpc) is 3.27. The van der Waals surface area contributed by atoms with E-state index in [0.29, 0.717) is 42.4 Å². The molecule has 12 heteroatoms. The molecule has 0 unspecified atom stereocenters. The highest BCUT2D eigenvalue weighted by atomic mass is 32.2. The van der Waals surface area contributed by atoms with E-state index in [-0.39, 0.29) is 29.2 Å². The Morgan fingerprint density at radius 1 is 1.03 bits per heavy atom. The minimum Gasteiger partial charge on any atom is -0.326 e. The number of rotatable bonds is 6. The molecule has 1 saturated carbocycles. The van der Waals surface area contributed by atoms with Gasteiger partial charge < -0.3 is 5.32 Å².